The number of hydrogen-bond donors (Lipinski definition) is 2. The number of carbonyl (C=O) groups is 2. The van der Waals surface area contributed by atoms with E-state index >= 15 is 0 Å². The number of nitrogens with one attached hydrogen (secondary N) is 2. The second kappa shape index (κ2) is 5.99. The summed E-state index contributed by atoms with van der Waals surface area (Å²) < 4.78 is 0. The van der Waals surface area contributed by atoms with E-state index in [9.17, 15) is 9.59 Å². The van der Waals surface area contributed by atoms with E-state index in [4.69, 9.17) is 0 Å². The second-order valence-electron chi connectivity index (χ2n) is 3.93. The summed E-state index contributed by atoms with van der Waals surface area (Å²) >= 11 is 2.76. The Bertz CT molecular complexity index is 588. The third-order valence-electron chi connectivity index (χ3n) is 2.66. The molecule has 2 rings (SSSR count). The molecule has 0 aliphatic heterocycles. The highest BCUT2D eigenvalue weighted by Gasteiger charge is 2.13. The first-order valence-electron chi connectivity index (χ1n) is 5.85. The smallest absolute Gasteiger partial charge is 0.266 e. The van der Waals surface area contributed by atoms with Crippen LogP contribution in [0.1, 0.15) is 36.7 Å². The van der Waals surface area contributed by atoms with E-state index in [0.717, 1.165) is 11.3 Å². The summed E-state index contributed by atoms with van der Waals surface area (Å²) in [5.74, 6) is -0.579. The molecule has 0 spiro atoms. The molecule has 0 radical (unpaired) electrons. The zero-order valence-corrected chi connectivity index (χ0v) is 12.3. The van der Waals surface area contributed by atoms with Gasteiger partial charge < -0.3 is 0 Å². The van der Waals surface area contributed by atoms with Gasteiger partial charge in [-0.25, -0.2) is 0 Å². The summed E-state index contributed by atoms with van der Waals surface area (Å²) in [6, 6.07) is 5.36. The fourth-order valence-electron chi connectivity index (χ4n) is 1.63. The van der Waals surface area contributed by atoms with Gasteiger partial charge in [0.2, 0.25) is 0 Å². The van der Waals surface area contributed by atoms with Crippen molar-refractivity contribution in [2.45, 2.75) is 20.3 Å². The molecule has 0 saturated carbocycles. The molecule has 2 N–H and O–H groups in total. The van der Waals surface area contributed by atoms with Crippen molar-refractivity contribution in [3.63, 3.8) is 0 Å². The highest BCUT2D eigenvalue weighted by atomic mass is 32.1. The van der Waals surface area contributed by atoms with Gasteiger partial charge in [0.1, 0.15) is 0 Å². The maximum absolute atomic E-state index is 11.9. The van der Waals surface area contributed by atoms with E-state index in [0.29, 0.717) is 9.75 Å². The average molecular weight is 294 g/mol. The predicted molar refractivity (Wildman–Crippen MR) is 77.7 cm³/mol. The van der Waals surface area contributed by atoms with E-state index < -0.39 is 0 Å². The Balaban J connectivity index is 1.96. The van der Waals surface area contributed by atoms with Crippen LogP contribution in [0.2, 0.25) is 0 Å². The Kier molecular flexibility index (Phi) is 4.34. The standard InChI is InChI=1S/C13H14N2O2S2/c1-3-9-7-11(19-8(9)2)13(17)15-14-12(16)10-5-4-6-18-10/h4-7H,3H2,1-2H3,(H,14,16)(H,15,17). The lowest BCUT2D eigenvalue weighted by Crippen LogP contribution is -2.41. The number of hydrazine groups is 1. The van der Waals surface area contributed by atoms with Crippen LogP contribution in [-0.2, 0) is 6.42 Å². The third kappa shape index (κ3) is 3.21. The van der Waals surface area contributed by atoms with Crippen molar-refractivity contribution in [1.29, 1.82) is 0 Å². The molecule has 0 bridgehead atoms. The minimum absolute atomic E-state index is 0.280. The maximum atomic E-state index is 11.9. The lowest BCUT2D eigenvalue weighted by Gasteiger charge is -2.04. The molecule has 0 fully saturated rings. The maximum Gasteiger partial charge on any atom is 0.279 e. The SMILES string of the molecule is CCc1cc(C(=O)NNC(=O)c2cccs2)sc1C. The molecule has 2 amide bonds. The molecule has 0 saturated heterocycles. The van der Waals surface area contributed by atoms with Gasteiger partial charge in [-0.05, 0) is 36.4 Å². The van der Waals surface area contributed by atoms with Crippen molar-refractivity contribution < 1.29 is 9.59 Å². The van der Waals surface area contributed by atoms with Crippen LogP contribution in [0.15, 0.2) is 23.6 Å². The minimum Gasteiger partial charge on any atom is -0.266 e. The van der Waals surface area contributed by atoms with Gasteiger partial charge in [0.05, 0.1) is 9.75 Å². The minimum atomic E-state index is -0.299. The van der Waals surface area contributed by atoms with Crippen molar-refractivity contribution in [2.75, 3.05) is 0 Å². The van der Waals surface area contributed by atoms with Crippen LogP contribution in [0.3, 0.4) is 0 Å². The van der Waals surface area contributed by atoms with Gasteiger partial charge in [0.25, 0.3) is 11.8 Å². The number of hydrogen-bond acceptors (Lipinski definition) is 4. The van der Waals surface area contributed by atoms with E-state index in [1.54, 1.807) is 12.1 Å². The highest BCUT2D eigenvalue weighted by Crippen LogP contribution is 2.21. The molecule has 6 heteroatoms. The van der Waals surface area contributed by atoms with Gasteiger partial charge in [0, 0.05) is 4.88 Å². The van der Waals surface area contributed by atoms with Crippen molar-refractivity contribution in [2.24, 2.45) is 0 Å². The summed E-state index contributed by atoms with van der Waals surface area (Å²) in [6.45, 7) is 4.04. The van der Waals surface area contributed by atoms with Crippen LogP contribution < -0.4 is 10.9 Å². The Morgan fingerprint density at radius 2 is 1.89 bits per heavy atom. The first kappa shape index (κ1) is 13.8. The molecule has 2 aromatic heterocycles. The Morgan fingerprint density at radius 1 is 1.21 bits per heavy atom. The van der Waals surface area contributed by atoms with Crippen LogP contribution in [-0.4, -0.2) is 11.8 Å². The molecule has 4 nitrogen and oxygen atoms in total. The Hall–Kier alpha value is -1.66. The van der Waals surface area contributed by atoms with Crippen LogP contribution in [0, 0.1) is 6.92 Å². The summed E-state index contributed by atoms with van der Waals surface area (Å²) in [5.41, 5.74) is 6.01. The summed E-state index contributed by atoms with van der Waals surface area (Å²) in [6.07, 6.45) is 0.900. The number of rotatable bonds is 3. The number of amides is 2. The fraction of sp³-hybridized carbons (Fsp3) is 0.231. The van der Waals surface area contributed by atoms with Crippen molar-refractivity contribution in [3.05, 3.63) is 43.8 Å². The topological polar surface area (TPSA) is 58.2 Å². The molecule has 0 unspecified atom stereocenters. The van der Waals surface area contributed by atoms with Crippen LogP contribution >= 0.6 is 22.7 Å². The van der Waals surface area contributed by atoms with Crippen LogP contribution in [0.25, 0.3) is 0 Å². The Morgan fingerprint density at radius 3 is 2.42 bits per heavy atom. The van der Waals surface area contributed by atoms with Crippen molar-refractivity contribution >= 4 is 34.5 Å². The summed E-state index contributed by atoms with van der Waals surface area (Å²) in [5, 5.41) is 1.81. The molecule has 19 heavy (non-hydrogen) atoms. The van der Waals surface area contributed by atoms with E-state index in [1.165, 1.54) is 28.2 Å². The van der Waals surface area contributed by atoms with Gasteiger partial charge >= 0.3 is 0 Å². The molecule has 0 aliphatic rings. The highest BCUT2D eigenvalue weighted by molar-refractivity contribution is 7.14. The number of thiophene rings is 2. The van der Waals surface area contributed by atoms with E-state index in [-0.39, 0.29) is 11.8 Å². The van der Waals surface area contributed by atoms with E-state index in [1.807, 2.05) is 18.4 Å². The average Bonchev–Trinajstić information content (AvgIpc) is 3.04. The lowest BCUT2D eigenvalue weighted by molar-refractivity contribution is 0.0851. The predicted octanol–water partition coefficient (Wildman–Crippen LogP) is 2.76. The first-order valence-corrected chi connectivity index (χ1v) is 7.55. The molecule has 0 atom stereocenters. The van der Waals surface area contributed by atoms with Gasteiger partial charge in [-0.15, -0.1) is 22.7 Å². The number of aryl methyl sites for hydroxylation is 2. The molecule has 0 aliphatic carbocycles. The zero-order valence-electron chi connectivity index (χ0n) is 10.6. The molecular formula is C13H14N2O2S2. The molecular weight excluding hydrogens is 280 g/mol. The normalized spacial score (nSPS) is 10.2. The van der Waals surface area contributed by atoms with Crippen LogP contribution in [0.5, 0.6) is 0 Å². The van der Waals surface area contributed by atoms with Crippen molar-refractivity contribution in [3.8, 4) is 0 Å². The van der Waals surface area contributed by atoms with Crippen molar-refractivity contribution in [1.82, 2.24) is 10.9 Å². The lowest BCUT2D eigenvalue weighted by atomic mass is 10.2. The monoisotopic (exact) mass is 294 g/mol. The molecule has 2 heterocycles. The second-order valence-corrected chi connectivity index (χ2v) is 6.14. The quantitative estimate of drug-likeness (QED) is 0.855. The zero-order chi connectivity index (χ0) is 13.8. The summed E-state index contributed by atoms with van der Waals surface area (Å²) in [4.78, 5) is 25.9. The van der Waals surface area contributed by atoms with Gasteiger partial charge in [-0.2, -0.15) is 0 Å². The number of carbonyl (C=O) groups excluding carboxylic acids is 2. The van der Waals surface area contributed by atoms with E-state index in [2.05, 4.69) is 17.8 Å². The summed E-state index contributed by atoms with van der Waals surface area (Å²) in [7, 11) is 0. The fourth-order valence-corrected chi connectivity index (χ4v) is 3.26. The third-order valence-corrected chi connectivity index (χ3v) is 4.62. The van der Waals surface area contributed by atoms with Gasteiger partial charge in [-0.3, -0.25) is 20.4 Å². The van der Waals surface area contributed by atoms with Crippen LogP contribution in [0.4, 0.5) is 0 Å². The van der Waals surface area contributed by atoms with Gasteiger partial charge in [0.15, 0.2) is 0 Å². The molecule has 0 aromatic carbocycles. The molecule has 2 aromatic rings. The Labute approximate surface area is 119 Å². The van der Waals surface area contributed by atoms with Gasteiger partial charge in [-0.1, -0.05) is 13.0 Å². The molecule has 100 valence electrons. The largest absolute Gasteiger partial charge is 0.279 e. The first-order chi connectivity index (χ1) is 9.11.